The summed E-state index contributed by atoms with van der Waals surface area (Å²) in [6, 6.07) is 19.0. The highest BCUT2D eigenvalue weighted by atomic mass is 16.5. The van der Waals surface area contributed by atoms with Crippen molar-refractivity contribution in [3.8, 4) is 17.2 Å². The van der Waals surface area contributed by atoms with Crippen LogP contribution in [0.5, 0.6) is 17.2 Å². The Morgan fingerprint density at radius 3 is 2.29 bits per heavy atom. The first-order valence-corrected chi connectivity index (χ1v) is 11.9. The molecule has 186 valence electrons. The summed E-state index contributed by atoms with van der Waals surface area (Å²) in [6.07, 6.45) is 5.88. The topological polar surface area (TPSA) is 72.9 Å². The van der Waals surface area contributed by atoms with Gasteiger partial charge in [-0.3, -0.25) is 4.79 Å². The normalized spacial score (nSPS) is 10.5. The third kappa shape index (κ3) is 7.91. The van der Waals surface area contributed by atoms with Crippen molar-refractivity contribution in [2.45, 2.75) is 32.2 Å². The van der Waals surface area contributed by atoms with Crippen LogP contribution in [0, 0.1) is 0 Å². The Morgan fingerprint density at radius 2 is 1.60 bits per heavy atom. The molecule has 0 saturated carbocycles. The van der Waals surface area contributed by atoms with Crippen LogP contribution in [0.1, 0.15) is 41.6 Å². The van der Waals surface area contributed by atoms with E-state index in [0.717, 1.165) is 49.4 Å². The molecule has 0 spiro atoms. The number of amides is 1. The highest BCUT2D eigenvalue weighted by molar-refractivity contribution is 5.97. The van der Waals surface area contributed by atoms with Gasteiger partial charge < -0.3 is 24.4 Å². The lowest BCUT2D eigenvalue weighted by molar-refractivity contribution is 0.0736. The lowest BCUT2D eigenvalue weighted by Crippen LogP contribution is -2.32. The predicted octanol–water partition coefficient (Wildman–Crippen LogP) is 5.42. The molecule has 0 radical (unpaired) electrons. The molecule has 3 rings (SSSR count). The number of unbranched alkanes of at least 4 members (excludes halogenated alkanes) is 3. The monoisotopic (exact) mass is 477 g/mol. The van der Waals surface area contributed by atoms with Gasteiger partial charge in [0.2, 0.25) is 0 Å². The minimum atomic E-state index is -0.0582. The molecular formula is C28H35N3O4. The molecule has 1 amide bonds. The molecular weight excluding hydrogens is 442 g/mol. The largest absolute Gasteiger partial charge is 0.497 e. The molecule has 3 aromatic rings. The number of hydrogen-bond donors (Lipinski definition) is 1. The number of hydrogen-bond acceptors (Lipinski definition) is 6. The Morgan fingerprint density at radius 1 is 0.857 bits per heavy atom. The van der Waals surface area contributed by atoms with Crippen LogP contribution < -0.4 is 19.5 Å². The molecule has 0 aliphatic heterocycles. The number of methoxy groups -OCH3 is 3. The van der Waals surface area contributed by atoms with Gasteiger partial charge in [0.1, 0.15) is 23.1 Å². The number of nitrogens with zero attached hydrogens (tertiary/aromatic N) is 2. The van der Waals surface area contributed by atoms with E-state index in [2.05, 4.69) is 10.3 Å². The fourth-order valence-corrected chi connectivity index (χ4v) is 3.81. The van der Waals surface area contributed by atoms with Gasteiger partial charge in [-0.15, -0.1) is 0 Å². The number of rotatable bonds is 14. The summed E-state index contributed by atoms with van der Waals surface area (Å²) in [5, 5.41) is 3.34. The lowest BCUT2D eigenvalue weighted by atomic mass is 10.1. The molecule has 1 N–H and O–H groups in total. The first kappa shape index (κ1) is 25.9. The quantitative estimate of drug-likeness (QED) is 0.313. The minimum absolute atomic E-state index is 0.0582. The summed E-state index contributed by atoms with van der Waals surface area (Å²) < 4.78 is 16.0. The van der Waals surface area contributed by atoms with Gasteiger partial charge >= 0.3 is 0 Å². The van der Waals surface area contributed by atoms with E-state index in [1.54, 1.807) is 45.7 Å². The maximum absolute atomic E-state index is 13.5. The summed E-state index contributed by atoms with van der Waals surface area (Å²) >= 11 is 0. The second kappa shape index (κ2) is 13.8. The number of nitrogens with one attached hydrogen (secondary N) is 1. The van der Waals surface area contributed by atoms with Crippen molar-refractivity contribution >= 4 is 11.7 Å². The summed E-state index contributed by atoms with van der Waals surface area (Å²) in [5.41, 5.74) is 1.58. The molecule has 1 heterocycles. The van der Waals surface area contributed by atoms with Gasteiger partial charge in [0.15, 0.2) is 0 Å². The Balaban J connectivity index is 1.59. The van der Waals surface area contributed by atoms with E-state index in [0.29, 0.717) is 30.2 Å². The van der Waals surface area contributed by atoms with Crippen LogP contribution in [0.4, 0.5) is 5.82 Å². The Labute approximate surface area is 208 Å². The van der Waals surface area contributed by atoms with E-state index in [-0.39, 0.29) is 5.91 Å². The van der Waals surface area contributed by atoms with Crippen molar-refractivity contribution in [1.29, 1.82) is 0 Å². The van der Waals surface area contributed by atoms with Gasteiger partial charge in [-0.05, 0) is 54.8 Å². The molecule has 0 atom stereocenters. The highest BCUT2D eigenvalue weighted by Crippen LogP contribution is 2.26. The average Bonchev–Trinajstić information content (AvgIpc) is 2.92. The zero-order chi connectivity index (χ0) is 24.9. The maximum Gasteiger partial charge on any atom is 0.257 e. The summed E-state index contributed by atoms with van der Waals surface area (Å²) in [5.74, 6) is 2.80. The van der Waals surface area contributed by atoms with E-state index >= 15 is 0 Å². The van der Waals surface area contributed by atoms with Gasteiger partial charge in [-0.1, -0.05) is 31.0 Å². The number of benzene rings is 2. The summed E-state index contributed by atoms with van der Waals surface area (Å²) in [6.45, 7) is 2.06. The Hall–Kier alpha value is -3.74. The van der Waals surface area contributed by atoms with E-state index in [1.165, 1.54) is 0 Å². The molecule has 0 saturated heterocycles. The van der Waals surface area contributed by atoms with E-state index < -0.39 is 0 Å². The molecule has 0 fully saturated rings. The number of anilines is 1. The minimum Gasteiger partial charge on any atom is -0.497 e. The van der Waals surface area contributed by atoms with Crippen molar-refractivity contribution in [2.75, 3.05) is 39.7 Å². The molecule has 0 bridgehead atoms. The van der Waals surface area contributed by atoms with Crippen molar-refractivity contribution in [2.24, 2.45) is 0 Å². The fraction of sp³-hybridized carbons (Fsp3) is 0.357. The number of aromatic nitrogens is 1. The van der Waals surface area contributed by atoms with E-state index in [9.17, 15) is 4.79 Å². The van der Waals surface area contributed by atoms with Gasteiger partial charge in [-0.2, -0.15) is 0 Å². The van der Waals surface area contributed by atoms with Gasteiger partial charge in [0.05, 0.1) is 26.9 Å². The molecule has 0 unspecified atom stereocenters. The number of carbonyl (C=O) groups is 1. The second-order valence-corrected chi connectivity index (χ2v) is 8.20. The number of pyridine rings is 1. The van der Waals surface area contributed by atoms with E-state index in [1.807, 2.05) is 47.4 Å². The van der Waals surface area contributed by atoms with Crippen LogP contribution in [-0.2, 0) is 6.54 Å². The zero-order valence-electron chi connectivity index (χ0n) is 20.8. The number of ether oxygens (including phenoxy) is 3. The van der Waals surface area contributed by atoms with Crippen molar-refractivity contribution < 1.29 is 19.0 Å². The van der Waals surface area contributed by atoms with Crippen molar-refractivity contribution in [3.63, 3.8) is 0 Å². The molecule has 1 aromatic heterocycles. The second-order valence-electron chi connectivity index (χ2n) is 8.20. The molecule has 7 nitrogen and oxygen atoms in total. The molecule has 2 aromatic carbocycles. The smallest absolute Gasteiger partial charge is 0.257 e. The lowest BCUT2D eigenvalue weighted by Gasteiger charge is -2.24. The van der Waals surface area contributed by atoms with Gasteiger partial charge in [0, 0.05) is 31.9 Å². The first-order chi connectivity index (χ1) is 17.1. The predicted molar refractivity (Wildman–Crippen MR) is 138 cm³/mol. The molecule has 35 heavy (non-hydrogen) atoms. The van der Waals surface area contributed by atoms with Crippen LogP contribution in [0.3, 0.4) is 0 Å². The third-order valence-corrected chi connectivity index (χ3v) is 5.78. The Bertz CT molecular complexity index is 1040. The SMILES string of the molecule is COc1ccc(CN(CCCCCCNc2ccccn2)C(=O)c2ccc(OC)cc2OC)cc1. The van der Waals surface area contributed by atoms with Crippen LogP contribution in [0.2, 0.25) is 0 Å². The van der Waals surface area contributed by atoms with Gasteiger partial charge in [0.25, 0.3) is 5.91 Å². The van der Waals surface area contributed by atoms with Crippen molar-refractivity contribution in [1.82, 2.24) is 9.88 Å². The fourth-order valence-electron chi connectivity index (χ4n) is 3.81. The first-order valence-electron chi connectivity index (χ1n) is 11.9. The van der Waals surface area contributed by atoms with Crippen LogP contribution >= 0.6 is 0 Å². The third-order valence-electron chi connectivity index (χ3n) is 5.78. The summed E-state index contributed by atoms with van der Waals surface area (Å²) in [4.78, 5) is 19.7. The molecule has 7 heteroatoms. The van der Waals surface area contributed by atoms with Crippen LogP contribution in [-0.4, -0.2) is 50.2 Å². The zero-order valence-corrected chi connectivity index (χ0v) is 20.8. The Kier molecular flexibility index (Phi) is 10.2. The standard InChI is InChI=1S/C28H35N3O4/c1-33-23-13-11-22(12-14-23)21-31(28(32)25-16-15-24(34-2)20-26(25)35-3)19-9-5-4-7-17-29-27-10-6-8-18-30-27/h6,8,10-16,18,20H,4-5,7,9,17,19,21H2,1-3H3,(H,29,30). The average molecular weight is 478 g/mol. The van der Waals surface area contributed by atoms with Crippen molar-refractivity contribution in [3.05, 3.63) is 78.0 Å². The van der Waals surface area contributed by atoms with Crippen LogP contribution in [0.15, 0.2) is 66.9 Å². The maximum atomic E-state index is 13.5. The summed E-state index contributed by atoms with van der Waals surface area (Å²) in [7, 11) is 4.81. The number of carbonyl (C=O) groups excluding carboxylic acids is 1. The highest BCUT2D eigenvalue weighted by Gasteiger charge is 2.20. The molecule has 0 aliphatic carbocycles. The van der Waals surface area contributed by atoms with E-state index in [4.69, 9.17) is 14.2 Å². The van der Waals surface area contributed by atoms with Crippen LogP contribution in [0.25, 0.3) is 0 Å². The molecule has 0 aliphatic rings. The van der Waals surface area contributed by atoms with Gasteiger partial charge in [-0.25, -0.2) is 4.98 Å².